The standard InChI is InChI=1S/C23H36N4O2/c1-17(19-12-11-18-8-4-5-9-20(18)14-19)26-23(25-16-22(28)27(2)3)24-15-21-10-6-7-13-29-21/h11-12,14,17,21H,4-10,13,15-16H2,1-3H3,(H2,24,25,26). The maximum absolute atomic E-state index is 12.0. The minimum Gasteiger partial charge on any atom is -0.376 e. The molecule has 0 radical (unpaired) electrons. The predicted octanol–water partition coefficient (Wildman–Crippen LogP) is 2.82. The van der Waals surface area contributed by atoms with Crippen molar-refractivity contribution >= 4 is 11.9 Å². The fourth-order valence-corrected chi connectivity index (χ4v) is 3.93. The lowest BCUT2D eigenvalue weighted by Crippen LogP contribution is -2.44. The van der Waals surface area contributed by atoms with Gasteiger partial charge in [0.15, 0.2) is 5.96 Å². The van der Waals surface area contributed by atoms with Gasteiger partial charge in [0.25, 0.3) is 0 Å². The van der Waals surface area contributed by atoms with E-state index in [2.05, 4.69) is 40.7 Å². The van der Waals surface area contributed by atoms with Gasteiger partial charge in [0.2, 0.25) is 5.91 Å². The highest BCUT2D eigenvalue weighted by Gasteiger charge is 2.17. The molecule has 2 unspecified atom stereocenters. The van der Waals surface area contributed by atoms with Crippen molar-refractivity contribution in [3.8, 4) is 0 Å². The molecule has 0 spiro atoms. The van der Waals surface area contributed by atoms with Gasteiger partial charge in [-0.3, -0.25) is 4.79 Å². The third kappa shape index (κ3) is 6.46. The number of nitrogens with one attached hydrogen (secondary N) is 2. The van der Waals surface area contributed by atoms with Crippen LogP contribution in [0.4, 0.5) is 0 Å². The molecular formula is C23H36N4O2. The van der Waals surface area contributed by atoms with E-state index in [0.29, 0.717) is 12.5 Å². The van der Waals surface area contributed by atoms with Gasteiger partial charge in [-0.2, -0.15) is 0 Å². The second-order valence-electron chi connectivity index (χ2n) is 8.42. The first kappa shape index (κ1) is 21.6. The SMILES string of the molecule is CC(NC(=NCC(=O)N(C)C)NCC1CCCCO1)c1ccc2c(c1)CCCC2. The molecule has 6 nitrogen and oxygen atoms in total. The maximum Gasteiger partial charge on any atom is 0.243 e. The van der Waals surface area contributed by atoms with Crippen molar-refractivity contribution in [1.29, 1.82) is 0 Å². The summed E-state index contributed by atoms with van der Waals surface area (Å²) in [6.07, 6.45) is 8.56. The van der Waals surface area contributed by atoms with Gasteiger partial charge in [-0.15, -0.1) is 0 Å². The van der Waals surface area contributed by atoms with E-state index in [-0.39, 0.29) is 24.6 Å². The highest BCUT2D eigenvalue weighted by atomic mass is 16.5. The number of ether oxygens (including phenoxy) is 1. The second kappa shape index (κ2) is 10.6. The summed E-state index contributed by atoms with van der Waals surface area (Å²) in [5, 5.41) is 6.88. The molecule has 1 amide bonds. The highest BCUT2D eigenvalue weighted by molar-refractivity contribution is 5.85. The van der Waals surface area contributed by atoms with Crippen molar-refractivity contribution in [1.82, 2.24) is 15.5 Å². The number of guanidine groups is 1. The Morgan fingerprint density at radius 1 is 1.21 bits per heavy atom. The van der Waals surface area contributed by atoms with Crippen LogP contribution in [0.5, 0.6) is 0 Å². The number of likely N-dealkylation sites (N-methyl/N-ethyl adjacent to an activating group) is 1. The lowest BCUT2D eigenvalue weighted by atomic mass is 9.89. The quantitative estimate of drug-likeness (QED) is 0.569. The first-order valence-corrected chi connectivity index (χ1v) is 11.0. The summed E-state index contributed by atoms with van der Waals surface area (Å²) < 4.78 is 5.82. The molecule has 2 aliphatic rings. The molecule has 2 N–H and O–H groups in total. The van der Waals surface area contributed by atoms with Crippen LogP contribution < -0.4 is 10.6 Å². The molecule has 1 saturated heterocycles. The van der Waals surface area contributed by atoms with E-state index < -0.39 is 0 Å². The van der Waals surface area contributed by atoms with Crippen molar-refractivity contribution in [2.45, 2.75) is 64.0 Å². The lowest BCUT2D eigenvalue weighted by molar-refractivity contribution is -0.127. The number of rotatable bonds is 6. The van der Waals surface area contributed by atoms with Gasteiger partial charge >= 0.3 is 0 Å². The number of carbonyl (C=O) groups is 1. The molecular weight excluding hydrogens is 364 g/mol. The summed E-state index contributed by atoms with van der Waals surface area (Å²) in [4.78, 5) is 18.1. The van der Waals surface area contributed by atoms with Gasteiger partial charge in [-0.05, 0) is 68.6 Å². The predicted molar refractivity (Wildman–Crippen MR) is 117 cm³/mol. The number of aliphatic imine (C=N–C) groups is 1. The number of benzene rings is 1. The van der Waals surface area contributed by atoms with Crippen LogP contribution in [0.1, 0.15) is 61.8 Å². The Balaban J connectivity index is 1.65. The van der Waals surface area contributed by atoms with Crippen LogP contribution in [-0.2, 0) is 22.4 Å². The highest BCUT2D eigenvalue weighted by Crippen LogP contribution is 2.24. The van der Waals surface area contributed by atoms with Gasteiger partial charge in [0.05, 0.1) is 12.1 Å². The molecule has 3 rings (SSSR count). The number of hydrogen-bond donors (Lipinski definition) is 2. The summed E-state index contributed by atoms with van der Waals surface area (Å²) in [5.41, 5.74) is 4.23. The van der Waals surface area contributed by atoms with Crippen molar-refractivity contribution < 1.29 is 9.53 Å². The average molecular weight is 401 g/mol. The molecule has 0 bridgehead atoms. The second-order valence-corrected chi connectivity index (χ2v) is 8.42. The van der Waals surface area contributed by atoms with Gasteiger partial charge in [0.1, 0.15) is 6.54 Å². The van der Waals surface area contributed by atoms with Crippen LogP contribution in [0, 0.1) is 0 Å². The normalized spacial score (nSPS) is 20.5. The Morgan fingerprint density at radius 2 is 2.00 bits per heavy atom. The smallest absolute Gasteiger partial charge is 0.243 e. The maximum atomic E-state index is 12.0. The summed E-state index contributed by atoms with van der Waals surface area (Å²) in [6, 6.07) is 6.93. The van der Waals surface area contributed by atoms with E-state index in [1.165, 1.54) is 48.8 Å². The Hall–Kier alpha value is -2.08. The molecule has 1 aromatic carbocycles. The van der Waals surface area contributed by atoms with Crippen LogP contribution in [0.3, 0.4) is 0 Å². The first-order valence-electron chi connectivity index (χ1n) is 11.0. The molecule has 160 valence electrons. The zero-order valence-electron chi connectivity index (χ0n) is 18.2. The van der Waals surface area contributed by atoms with E-state index in [4.69, 9.17) is 4.74 Å². The van der Waals surface area contributed by atoms with Crippen LogP contribution in [-0.4, -0.2) is 56.7 Å². The third-order valence-corrected chi connectivity index (χ3v) is 5.87. The monoisotopic (exact) mass is 400 g/mol. The Morgan fingerprint density at radius 3 is 2.72 bits per heavy atom. The molecule has 1 fully saturated rings. The van der Waals surface area contributed by atoms with Crippen LogP contribution >= 0.6 is 0 Å². The van der Waals surface area contributed by atoms with Crippen molar-refractivity contribution in [2.24, 2.45) is 4.99 Å². The van der Waals surface area contributed by atoms with Gasteiger partial charge in [-0.25, -0.2) is 4.99 Å². The Bertz CT molecular complexity index is 711. The van der Waals surface area contributed by atoms with Crippen LogP contribution in [0.15, 0.2) is 23.2 Å². The number of nitrogens with zero attached hydrogens (tertiary/aromatic N) is 2. The molecule has 1 aromatic rings. The van der Waals surface area contributed by atoms with Crippen LogP contribution in [0.2, 0.25) is 0 Å². The number of carbonyl (C=O) groups excluding carboxylic acids is 1. The van der Waals surface area contributed by atoms with Gasteiger partial charge in [0, 0.05) is 27.2 Å². The zero-order valence-corrected chi connectivity index (χ0v) is 18.2. The summed E-state index contributed by atoms with van der Waals surface area (Å²) in [5.74, 6) is 0.654. The molecule has 6 heteroatoms. The molecule has 2 atom stereocenters. The molecule has 29 heavy (non-hydrogen) atoms. The topological polar surface area (TPSA) is 66.0 Å². The Labute approximate surface area is 175 Å². The number of amides is 1. The lowest BCUT2D eigenvalue weighted by Gasteiger charge is -2.25. The fraction of sp³-hybridized carbons (Fsp3) is 0.652. The van der Waals surface area contributed by atoms with E-state index in [0.717, 1.165) is 19.4 Å². The zero-order chi connectivity index (χ0) is 20.6. The number of fused-ring (bicyclic) bond motifs is 1. The number of aryl methyl sites for hydroxylation is 2. The molecule has 1 heterocycles. The number of hydrogen-bond acceptors (Lipinski definition) is 3. The minimum absolute atomic E-state index is 0.0125. The molecule has 0 saturated carbocycles. The largest absolute Gasteiger partial charge is 0.376 e. The molecule has 1 aliphatic carbocycles. The van der Waals surface area contributed by atoms with E-state index in [1.807, 2.05) is 0 Å². The fourth-order valence-electron chi connectivity index (χ4n) is 3.93. The van der Waals surface area contributed by atoms with E-state index in [1.54, 1.807) is 19.0 Å². The van der Waals surface area contributed by atoms with E-state index >= 15 is 0 Å². The molecule has 0 aromatic heterocycles. The van der Waals surface area contributed by atoms with E-state index in [9.17, 15) is 4.79 Å². The first-order chi connectivity index (χ1) is 14.0. The minimum atomic E-state index is -0.0125. The van der Waals surface area contributed by atoms with Crippen molar-refractivity contribution in [3.05, 3.63) is 34.9 Å². The summed E-state index contributed by atoms with van der Waals surface area (Å²) >= 11 is 0. The van der Waals surface area contributed by atoms with Crippen molar-refractivity contribution in [3.63, 3.8) is 0 Å². The van der Waals surface area contributed by atoms with Gasteiger partial charge in [-0.1, -0.05) is 18.2 Å². The summed E-state index contributed by atoms with van der Waals surface area (Å²) in [6.45, 7) is 3.81. The third-order valence-electron chi connectivity index (χ3n) is 5.87. The van der Waals surface area contributed by atoms with Crippen LogP contribution in [0.25, 0.3) is 0 Å². The Kier molecular flexibility index (Phi) is 7.92. The average Bonchev–Trinajstić information content (AvgIpc) is 2.75. The van der Waals surface area contributed by atoms with Crippen molar-refractivity contribution in [2.75, 3.05) is 33.8 Å². The molecule has 1 aliphatic heterocycles. The summed E-state index contributed by atoms with van der Waals surface area (Å²) in [7, 11) is 3.51. The van der Waals surface area contributed by atoms with Gasteiger partial charge < -0.3 is 20.3 Å².